The van der Waals surface area contributed by atoms with Crippen LogP contribution < -0.4 is 4.90 Å². The van der Waals surface area contributed by atoms with E-state index in [0.717, 1.165) is 54.5 Å². The van der Waals surface area contributed by atoms with Crippen LogP contribution in [0.2, 0.25) is 0 Å². The molecule has 3 heterocycles. The van der Waals surface area contributed by atoms with Gasteiger partial charge in [0.1, 0.15) is 11.9 Å². The van der Waals surface area contributed by atoms with E-state index in [4.69, 9.17) is 0 Å². The molecule has 6 heteroatoms. The molecular weight excluding hydrogens is 382 g/mol. The minimum absolute atomic E-state index is 0. The zero-order chi connectivity index (χ0) is 19.3. The lowest BCUT2D eigenvalue weighted by Crippen LogP contribution is -2.44. The van der Waals surface area contributed by atoms with Gasteiger partial charge in [-0.1, -0.05) is 36.4 Å². The Morgan fingerprint density at radius 1 is 1.03 bits per heavy atom. The van der Waals surface area contributed by atoms with Crippen molar-refractivity contribution in [3.05, 3.63) is 71.5 Å². The molecule has 2 aromatic heterocycles. The van der Waals surface area contributed by atoms with Crippen LogP contribution in [0.5, 0.6) is 0 Å². The predicted molar refractivity (Wildman–Crippen MR) is 121 cm³/mol. The number of hydrogen-bond acceptors (Lipinski definition) is 4. The molecule has 1 aliphatic heterocycles. The average molecular weight is 406 g/mol. The predicted octanol–water partition coefficient (Wildman–Crippen LogP) is 4.29. The Morgan fingerprint density at radius 3 is 2.52 bits per heavy atom. The van der Waals surface area contributed by atoms with Crippen LogP contribution in [0, 0.1) is 11.3 Å². The van der Waals surface area contributed by atoms with E-state index in [1.54, 1.807) is 0 Å². The number of nitriles is 1. The van der Waals surface area contributed by atoms with Crippen LogP contribution in [0.25, 0.3) is 23.4 Å². The van der Waals surface area contributed by atoms with Crippen molar-refractivity contribution in [2.75, 3.05) is 38.1 Å². The van der Waals surface area contributed by atoms with Crippen LogP contribution in [0.4, 0.5) is 5.82 Å². The fourth-order valence-electron chi connectivity index (χ4n) is 3.42. The molecule has 0 unspecified atom stereocenters. The number of benzene rings is 1. The van der Waals surface area contributed by atoms with Gasteiger partial charge in [0.15, 0.2) is 0 Å². The summed E-state index contributed by atoms with van der Waals surface area (Å²) in [7, 11) is 2.13. The van der Waals surface area contributed by atoms with Crippen molar-refractivity contribution in [2.45, 2.75) is 0 Å². The largest absolute Gasteiger partial charge is 0.355 e. The Labute approximate surface area is 177 Å². The molecule has 29 heavy (non-hydrogen) atoms. The van der Waals surface area contributed by atoms with Gasteiger partial charge in [-0.25, -0.2) is 0 Å². The van der Waals surface area contributed by atoms with Gasteiger partial charge in [-0.3, -0.25) is 4.98 Å². The maximum atomic E-state index is 9.60. The van der Waals surface area contributed by atoms with Crippen LogP contribution >= 0.6 is 12.4 Å². The summed E-state index contributed by atoms with van der Waals surface area (Å²) in [6.45, 7) is 3.85. The molecule has 1 fully saturated rings. The highest BCUT2D eigenvalue weighted by Gasteiger charge is 2.20. The van der Waals surface area contributed by atoms with Crippen LogP contribution in [-0.4, -0.2) is 48.1 Å². The topological polar surface area (TPSA) is 58.9 Å². The maximum absolute atomic E-state index is 9.60. The molecule has 0 amide bonds. The Bertz CT molecular complexity index is 1010. The third-order valence-electron chi connectivity index (χ3n) is 5.08. The van der Waals surface area contributed by atoms with E-state index in [9.17, 15) is 5.26 Å². The van der Waals surface area contributed by atoms with Gasteiger partial charge < -0.3 is 14.8 Å². The number of aromatic amines is 1. The zero-order valence-electron chi connectivity index (χ0n) is 16.4. The molecule has 4 rings (SSSR count). The van der Waals surface area contributed by atoms with Crippen molar-refractivity contribution >= 4 is 30.4 Å². The fourth-order valence-corrected chi connectivity index (χ4v) is 3.42. The number of anilines is 1. The first kappa shape index (κ1) is 20.7. The van der Waals surface area contributed by atoms with E-state index >= 15 is 0 Å². The van der Waals surface area contributed by atoms with Gasteiger partial charge in [-0.15, -0.1) is 12.4 Å². The number of nitrogens with one attached hydrogen (secondary N) is 1. The number of hydrogen-bond donors (Lipinski definition) is 1. The van der Waals surface area contributed by atoms with E-state index in [1.807, 2.05) is 48.7 Å². The van der Waals surface area contributed by atoms with Gasteiger partial charge in [0.05, 0.1) is 11.3 Å². The Morgan fingerprint density at radius 2 is 1.79 bits per heavy atom. The molecule has 1 N–H and O–H groups in total. The first-order valence-corrected chi connectivity index (χ1v) is 9.49. The summed E-state index contributed by atoms with van der Waals surface area (Å²) in [6.07, 6.45) is 5.87. The third-order valence-corrected chi connectivity index (χ3v) is 5.08. The summed E-state index contributed by atoms with van der Waals surface area (Å²) in [4.78, 5) is 12.5. The van der Waals surface area contributed by atoms with Crippen molar-refractivity contribution < 1.29 is 0 Å². The number of nitrogens with zero attached hydrogens (tertiary/aromatic N) is 4. The lowest BCUT2D eigenvalue weighted by molar-refractivity contribution is 0.312. The quantitative estimate of drug-likeness (QED) is 0.703. The van der Waals surface area contributed by atoms with Crippen LogP contribution in [-0.2, 0) is 0 Å². The van der Waals surface area contributed by atoms with Crippen LogP contribution in [0.3, 0.4) is 0 Å². The molecule has 148 valence electrons. The SMILES string of the molecule is CN1CCN(c2[nH]c(-c3ccnc(/C=C/c4ccccc4)c3)cc2C#N)CC1.Cl. The normalized spacial score (nSPS) is 14.6. The summed E-state index contributed by atoms with van der Waals surface area (Å²) >= 11 is 0. The van der Waals surface area contributed by atoms with E-state index in [1.165, 1.54) is 0 Å². The summed E-state index contributed by atoms with van der Waals surface area (Å²) in [5.41, 5.74) is 4.69. The fraction of sp³-hybridized carbons (Fsp3) is 0.217. The highest BCUT2D eigenvalue weighted by Crippen LogP contribution is 2.28. The lowest BCUT2D eigenvalue weighted by Gasteiger charge is -2.33. The molecule has 5 nitrogen and oxygen atoms in total. The molecule has 0 saturated carbocycles. The van der Waals surface area contributed by atoms with Crippen molar-refractivity contribution in [3.63, 3.8) is 0 Å². The smallest absolute Gasteiger partial charge is 0.124 e. The standard InChI is InChI=1S/C23H23N5.ClH/c1-27-11-13-28(14-12-27)23-20(17-24)16-22(26-23)19-9-10-25-21(15-19)8-7-18-5-3-2-4-6-18;/h2-10,15-16,26H,11-14H2,1H3;1H/b8-7+;. The molecule has 0 atom stereocenters. The van der Waals surface area contributed by atoms with Gasteiger partial charge in [0, 0.05) is 43.6 Å². The lowest BCUT2D eigenvalue weighted by atomic mass is 10.1. The number of halogens is 1. The van der Waals surface area contributed by atoms with Crippen LogP contribution in [0.15, 0.2) is 54.7 Å². The summed E-state index contributed by atoms with van der Waals surface area (Å²) in [5.74, 6) is 0.920. The molecule has 1 aliphatic rings. The maximum Gasteiger partial charge on any atom is 0.124 e. The second kappa shape index (κ2) is 9.42. The zero-order valence-corrected chi connectivity index (χ0v) is 17.2. The summed E-state index contributed by atoms with van der Waals surface area (Å²) in [6, 6.07) is 18.5. The van der Waals surface area contributed by atoms with Crippen molar-refractivity contribution in [3.8, 4) is 17.3 Å². The van der Waals surface area contributed by atoms with E-state index < -0.39 is 0 Å². The average Bonchev–Trinajstić information content (AvgIpc) is 3.18. The Hall–Kier alpha value is -3.07. The molecule has 1 aromatic carbocycles. The number of piperazine rings is 1. The minimum atomic E-state index is 0. The monoisotopic (exact) mass is 405 g/mol. The van der Waals surface area contributed by atoms with Gasteiger partial charge in [0.2, 0.25) is 0 Å². The second-order valence-electron chi connectivity index (χ2n) is 7.06. The molecule has 1 saturated heterocycles. The minimum Gasteiger partial charge on any atom is -0.355 e. The van der Waals surface area contributed by atoms with Crippen molar-refractivity contribution in [1.29, 1.82) is 5.26 Å². The molecule has 0 bridgehead atoms. The van der Waals surface area contributed by atoms with Crippen molar-refractivity contribution in [2.24, 2.45) is 0 Å². The van der Waals surface area contributed by atoms with Crippen LogP contribution in [0.1, 0.15) is 16.8 Å². The van der Waals surface area contributed by atoms with Gasteiger partial charge >= 0.3 is 0 Å². The third kappa shape index (κ3) is 4.86. The summed E-state index contributed by atoms with van der Waals surface area (Å²) < 4.78 is 0. The Kier molecular flexibility index (Phi) is 6.71. The first-order valence-electron chi connectivity index (χ1n) is 9.49. The number of pyridine rings is 1. The number of likely N-dealkylation sites (N-methyl/N-ethyl adjacent to an activating group) is 1. The van der Waals surface area contributed by atoms with E-state index in [2.05, 4.69) is 51.1 Å². The Balaban J connectivity index is 0.00000240. The molecule has 0 spiro atoms. The second-order valence-corrected chi connectivity index (χ2v) is 7.06. The molecular formula is C23H24ClN5. The molecule has 0 radical (unpaired) electrons. The van der Waals surface area contributed by atoms with E-state index in [0.29, 0.717) is 5.56 Å². The number of H-pyrrole nitrogens is 1. The van der Waals surface area contributed by atoms with Gasteiger partial charge in [0.25, 0.3) is 0 Å². The highest BCUT2D eigenvalue weighted by molar-refractivity contribution is 5.85. The van der Waals surface area contributed by atoms with Gasteiger partial charge in [-0.05, 0) is 36.9 Å². The van der Waals surface area contributed by atoms with E-state index in [-0.39, 0.29) is 12.4 Å². The molecule has 3 aromatic rings. The summed E-state index contributed by atoms with van der Waals surface area (Å²) in [5, 5.41) is 9.60. The number of rotatable bonds is 4. The van der Waals surface area contributed by atoms with Gasteiger partial charge in [-0.2, -0.15) is 5.26 Å². The first-order chi connectivity index (χ1) is 13.7. The number of aromatic nitrogens is 2. The highest BCUT2D eigenvalue weighted by atomic mass is 35.5. The molecule has 0 aliphatic carbocycles. The van der Waals surface area contributed by atoms with Crippen molar-refractivity contribution in [1.82, 2.24) is 14.9 Å².